The largest absolute Gasteiger partial charge is 0.353 e. The fourth-order valence-corrected chi connectivity index (χ4v) is 2.90. The Morgan fingerprint density at radius 1 is 0.815 bits per heavy atom. The van der Waals surface area contributed by atoms with Gasteiger partial charge >= 0.3 is 5.69 Å². The highest BCUT2D eigenvalue weighted by atomic mass is 16.6. The van der Waals surface area contributed by atoms with Gasteiger partial charge in [-0.25, -0.2) is 9.97 Å². The lowest BCUT2D eigenvalue weighted by Crippen LogP contribution is -2.06. The van der Waals surface area contributed by atoms with E-state index in [-0.39, 0.29) is 17.3 Å². The quantitative estimate of drug-likeness (QED) is 0.483. The van der Waals surface area contributed by atoms with E-state index in [1.165, 1.54) is 6.33 Å². The molecule has 0 saturated carbocycles. The Labute approximate surface area is 157 Å². The third-order valence-electron chi connectivity index (χ3n) is 4.27. The molecule has 0 bridgehead atoms. The van der Waals surface area contributed by atoms with Gasteiger partial charge in [0.1, 0.15) is 6.33 Å². The number of aryl methyl sites for hydroxylation is 4. The van der Waals surface area contributed by atoms with Crippen LogP contribution >= 0.6 is 0 Å². The average Bonchev–Trinajstić information content (AvgIpc) is 2.60. The van der Waals surface area contributed by atoms with Gasteiger partial charge in [-0.3, -0.25) is 10.1 Å². The summed E-state index contributed by atoms with van der Waals surface area (Å²) in [5.74, 6) is 0.295. The molecule has 2 aromatic carbocycles. The number of aromatic nitrogens is 2. The summed E-state index contributed by atoms with van der Waals surface area (Å²) in [5, 5.41) is 17.9. The fourth-order valence-electron chi connectivity index (χ4n) is 2.90. The Balaban J connectivity index is 2.01. The molecular formula is C20H21N5O2. The highest BCUT2D eigenvalue weighted by Crippen LogP contribution is 2.34. The molecule has 27 heavy (non-hydrogen) atoms. The molecule has 1 heterocycles. The van der Waals surface area contributed by atoms with Crippen molar-refractivity contribution in [2.45, 2.75) is 27.7 Å². The van der Waals surface area contributed by atoms with Gasteiger partial charge in [0.05, 0.1) is 4.92 Å². The predicted molar refractivity (Wildman–Crippen MR) is 107 cm³/mol. The van der Waals surface area contributed by atoms with E-state index in [0.717, 1.165) is 33.6 Å². The number of anilines is 4. The van der Waals surface area contributed by atoms with Gasteiger partial charge in [-0.15, -0.1) is 0 Å². The maximum absolute atomic E-state index is 11.7. The lowest BCUT2D eigenvalue weighted by atomic mass is 10.1. The van der Waals surface area contributed by atoms with E-state index in [9.17, 15) is 10.1 Å². The highest BCUT2D eigenvalue weighted by Gasteiger charge is 2.24. The average molecular weight is 363 g/mol. The second-order valence-electron chi connectivity index (χ2n) is 6.56. The normalized spacial score (nSPS) is 10.5. The second kappa shape index (κ2) is 7.41. The summed E-state index contributed by atoms with van der Waals surface area (Å²) in [5.41, 5.74) is 5.52. The zero-order valence-electron chi connectivity index (χ0n) is 15.7. The highest BCUT2D eigenvalue weighted by molar-refractivity contribution is 5.78. The molecule has 0 amide bonds. The van der Waals surface area contributed by atoms with E-state index in [4.69, 9.17) is 0 Å². The molecule has 0 aliphatic rings. The van der Waals surface area contributed by atoms with E-state index < -0.39 is 4.92 Å². The number of nitrogens with zero attached hydrogens (tertiary/aromatic N) is 3. The molecule has 3 rings (SSSR count). The maximum atomic E-state index is 11.7. The minimum Gasteiger partial charge on any atom is -0.334 e. The molecule has 0 unspecified atom stereocenters. The van der Waals surface area contributed by atoms with Crippen molar-refractivity contribution in [3.05, 3.63) is 75.1 Å². The van der Waals surface area contributed by atoms with Crippen LogP contribution in [0.4, 0.5) is 28.7 Å². The van der Waals surface area contributed by atoms with Gasteiger partial charge in [0.15, 0.2) is 0 Å². The first kappa shape index (κ1) is 18.3. The summed E-state index contributed by atoms with van der Waals surface area (Å²) in [6, 6.07) is 11.7. The van der Waals surface area contributed by atoms with Crippen molar-refractivity contribution in [3.63, 3.8) is 0 Å². The number of benzene rings is 2. The SMILES string of the molecule is Cc1ccc(Nc2ncnc(Nc3ccc(C)cc3C)c2[N+](=O)[O-])c(C)c1. The first-order chi connectivity index (χ1) is 12.8. The third kappa shape index (κ3) is 4.03. The van der Waals surface area contributed by atoms with Gasteiger partial charge in [0.25, 0.3) is 0 Å². The number of nitrogens with one attached hydrogen (secondary N) is 2. The minimum absolute atomic E-state index is 0.147. The number of rotatable bonds is 5. The Bertz CT molecular complexity index is 945. The molecule has 0 spiro atoms. The Hall–Kier alpha value is -3.48. The van der Waals surface area contributed by atoms with Gasteiger partial charge < -0.3 is 10.6 Å². The smallest absolute Gasteiger partial charge is 0.334 e. The molecule has 0 aliphatic heterocycles. The van der Waals surface area contributed by atoms with E-state index in [0.29, 0.717) is 0 Å². The number of hydrogen-bond donors (Lipinski definition) is 2. The van der Waals surface area contributed by atoms with Gasteiger partial charge in [0.2, 0.25) is 11.6 Å². The summed E-state index contributed by atoms with van der Waals surface area (Å²) >= 11 is 0. The van der Waals surface area contributed by atoms with Gasteiger partial charge in [0, 0.05) is 11.4 Å². The van der Waals surface area contributed by atoms with Crippen molar-refractivity contribution < 1.29 is 4.92 Å². The van der Waals surface area contributed by atoms with Crippen LogP contribution in [-0.2, 0) is 0 Å². The van der Waals surface area contributed by atoms with E-state index in [1.54, 1.807) is 0 Å². The lowest BCUT2D eigenvalue weighted by molar-refractivity contribution is -0.383. The van der Waals surface area contributed by atoms with Gasteiger partial charge in [-0.05, 0) is 51.0 Å². The van der Waals surface area contributed by atoms with Gasteiger partial charge in [-0.2, -0.15) is 0 Å². The van der Waals surface area contributed by atoms with Crippen molar-refractivity contribution in [3.8, 4) is 0 Å². The van der Waals surface area contributed by atoms with Crippen LogP contribution in [0.2, 0.25) is 0 Å². The summed E-state index contributed by atoms with van der Waals surface area (Å²) in [6.45, 7) is 7.88. The summed E-state index contributed by atoms with van der Waals surface area (Å²) in [4.78, 5) is 19.5. The zero-order valence-corrected chi connectivity index (χ0v) is 15.7. The van der Waals surface area contributed by atoms with E-state index in [1.807, 2.05) is 64.1 Å². The zero-order chi connectivity index (χ0) is 19.6. The molecule has 0 atom stereocenters. The molecule has 138 valence electrons. The van der Waals surface area contributed by atoms with Crippen LogP contribution in [0.3, 0.4) is 0 Å². The Kier molecular flexibility index (Phi) is 5.03. The monoisotopic (exact) mass is 363 g/mol. The molecule has 7 nitrogen and oxygen atoms in total. The van der Waals surface area contributed by atoms with E-state index >= 15 is 0 Å². The van der Waals surface area contributed by atoms with Crippen LogP contribution in [0, 0.1) is 37.8 Å². The van der Waals surface area contributed by atoms with Crippen LogP contribution in [-0.4, -0.2) is 14.9 Å². The summed E-state index contributed by atoms with van der Waals surface area (Å²) in [7, 11) is 0. The number of hydrogen-bond acceptors (Lipinski definition) is 6. The Morgan fingerprint density at radius 3 is 1.63 bits per heavy atom. The molecule has 0 radical (unpaired) electrons. The van der Waals surface area contributed by atoms with E-state index in [2.05, 4.69) is 20.6 Å². The molecule has 0 saturated heterocycles. The predicted octanol–water partition coefficient (Wildman–Crippen LogP) is 5.11. The topological polar surface area (TPSA) is 93.0 Å². The molecule has 0 fully saturated rings. The van der Waals surface area contributed by atoms with Crippen molar-refractivity contribution in [1.29, 1.82) is 0 Å². The van der Waals surface area contributed by atoms with Crippen molar-refractivity contribution in [2.75, 3.05) is 10.6 Å². The minimum atomic E-state index is -0.474. The lowest BCUT2D eigenvalue weighted by Gasteiger charge is -2.13. The first-order valence-electron chi connectivity index (χ1n) is 8.53. The standard InChI is InChI=1S/C20H21N5O2/c1-12-5-7-16(14(3)9-12)23-19-18(25(26)27)20(22-11-21-19)24-17-8-6-13(2)10-15(17)4/h5-11H,1-4H3,(H2,21,22,23,24). The van der Waals surface area contributed by atoms with Crippen LogP contribution in [0.15, 0.2) is 42.7 Å². The number of nitro groups is 1. The fraction of sp³-hybridized carbons (Fsp3) is 0.200. The molecule has 2 N–H and O–H groups in total. The first-order valence-corrected chi connectivity index (χ1v) is 8.53. The molecular weight excluding hydrogens is 342 g/mol. The third-order valence-corrected chi connectivity index (χ3v) is 4.27. The summed E-state index contributed by atoms with van der Waals surface area (Å²) in [6.07, 6.45) is 1.31. The molecule has 0 aliphatic carbocycles. The van der Waals surface area contributed by atoms with Gasteiger partial charge in [-0.1, -0.05) is 35.4 Å². The maximum Gasteiger partial charge on any atom is 0.353 e. The van der Waals surface area contributed by atoms with Crippen LogP contribution < -0.4 is 10.6 Å². The molecule has 3 aromatic rings. The van der Waals surface area contributed by atoms with Crippen LogP contribution in [0.1, 0.15) is 22.3 Å². The second-order valence-corrected chi connectivity index (χ2v) is 6.56. The molecule has 1 aromatic heterocycles. The molecule has 7 heteroatoms. The Morgan fingerprint density at radius 2 is 1.26 bits per heavy atom. The van der Waals surface area contributed by atoms with Crippen LogP contribution in [0.5, 0.6) is 0 Å². The summed E-state index contributed by atoms with van der Waals surface area (Å²) < 4.78 is 0. The van der Waals surface area contributed by atoms with Crippen molar-refractivity contribution >= 4 is 28.7 Å². The van der Waals surface area contributed by atoms with Crippen LogP contribution in [0.25, 0.3) is 0 Å². The van der Waals surface area contributed by atoms with Crippen molar-refractivity contribution in [1.82, 2.24) is 9.97 Å². The van der Waals surface area contributed by atoms with Crippen molar-refractivity contribution in [2.24, 2.45) is 0 Å².